The van der Waals surface area contributed by atoms with Gasteiger partial charge in [-0.05, 0) is 38.5 Å². The number of β-amino-alcohol motifs (C(OH)–C–C–N with tert-alkyl or cyclic N) is 1. The molecule has 2 N–H and O–H groups in total. The highest BCUT2D eigenvalue weighted by Gasteiger charge is 2.14. The number of aryl methyl sites for hydroxylation is 1. The normalized spacial score (nSPS) is 14.1. The van der Waals surface area contributed by atoms with E-state index < -0.39 is 6.10 Å². The Morgan fingerprint density at radius 3 is 2.78 bits per heavy atom. The van der Waals surface area contributed by atoms with E-state index >= 15 is 0 Å². The van der Waals surface area contributed by atoms with Crippen molar-refractivity contribution in [3.63, 3.8) is 0 Å². The minimum atomic E-state index is -0.492. The van der Waals surface area contributed by atoms with E-state index in [-0.39, 0.29) is 5.54 Å². The number of rotatable bonds is 3. The summed E-state index contributed by atoms with van der Waals surface area (Å²) in [4.78, 5) is 0. The van der Waals surface area contributed by atoms with Crippen molar-refractivity contribution in [3.05, 3.63) is 30.0 Å². The Labute approximate surface area is 108 Å². The highest BCUT2D eigenvalue weighted by Crippen LogP contribution is 2.20. The van der Waals surface area contributed by atoms with Crippen molar-refractivity contribution < 1.29 is 5.11 Å². The number of nitrogens with one attached hydrogen (secondary N) is 1. The molecule has 18 heavy (non-hydrogen) atoms. The number of hydrogen-bond donors (Lipinski definition) is 2. The molecule has 0 aliphatic heterocycles. The zero-order valence-electron chi connectivity index (χ0n) is 11.4. The Morgan fingerprint density at radius 1 is 1.39 bits per heavy atom. The average Bonchev–Trinajstić information content (AvgIpc) is 2.66. The molecule has 1 aromatic heterocycles. The predicted octanol–water partition coefficient (Wildman–Crippen LogP) is 1.99. The van der Waals surface area contributed by atoms with E-state index in [0.717, 1.165) is 16.5 Å². The standard InChI is InChI=1S/C14H21N3O/c1-14(2,3)15-9-13(18)10-5-6-12-11(7-10)8-16-17(12)4/h5-8,13,15,18H,9H2,1-4H3/t13-/m1/s1. The van der Waals surface area contributed by atoms with Crippen molar-refractivity contribution in [3.8, 4) is 0 Å². The van der Waals surface area contributed by atoms with E-state index in [1.54, 1.807) is 0 Å². The maximum absolute atomic E-state index is 10.2. The quantitative estimate of drug-likeness (QED) is 0.872. The van der Waals surface area contributed by atoms with Crippen molar-refractivity contribution >= 4 is 10.9 Å². The molecule has 0 saturated carbocycles. The fourth-order valence-corrected chi connectivity index (χ4v) is 1.91. The fraction of sp³-hybridized carbons (Fsp3) is 0.500. The Bertz CT molecular complexity index is 539. The number of aliphatic hydroxyl groups is 1. The van der Waals surface area contributed by atoms with Gasteiger partial charge in [0.05, 0.1) is 17.8 Å². The zero-order valence-corrected chi connectivity index (χ0v) is 11.4. The second-order valence-corrected chi connectivity index (χ2v) is 5.73. The largest absolute Gasteiger partial charge is 0.387 e. The summed E-state index contributed by atoms with van der Waals surface area (Å²) in [6, 6.07) is 5.95. The first-order chi connectivity index (χ1) is 8.37. The van der Waals surface area contributed by atoms with E-state index in [2.05, 4.69) is 31.2 Å². The first kappa shape index (κ1) is 13.1. The van der Waals surface area contributed by atoms with Gasteiger partial charge in [0, 0.05) is 24.5 Å². The number of aliphatic hydroxyl groups excluding tert-OH is 1. The van der Waals surface area contributed by atoms with Gasteiger partial charge in [-0.2, -0.15) is 5.10 Å². The third kappa shape index (κ3) is 2.89. The van der Waals surface area contributed by atoms with Crippen LogP contribution in [0, 0.1) is 0 Å². The van der Waals surface area contributed by atoms with Crippen LogP contribution in [0.2, 0.25) is 0 Å². The monoisotopic (exact) mass is 247 g/mol. The summed E-state index contributed by atoms with van der Waals surface area (Å²) in [5.74, 6) is 0. The summed E-state index contributed by atoms with van der Waals surface area (Å²) >= 11 is 0. The minimum absolute atomic E-state index is 0.0133. The van der Waals surface area contributed by atoms with Crippen molar-refractivity contribution in [1.29, 1.82) is 0 Å². The maximum Gasteiger partial charge on any atom is 0.0914 e. The molecule has 0 unspecified atom stereocenters. The summed E-state index contributed by atoms with van der Waals surface area (Å²) < 4.78 is 1.83. The summed E-state index contributed by atoms with van der Waals surface area (Å²) in [5, 5.41) is 18.7. The van der Waals surface area contributed by atoms with Gasteiger partial charge in [0.15, 0.2) is 0 Å². The summed E-state index contributed by atoms with van der Waals surface area (Å²) in [5.41, 5.74) is 2.02. The SMILES string of the molecule is Cn1ncc2cc([C@H](O)CNC(C)(C)C)ccc21. The molecule has 0 spiro atoms. The van der Waals surface area contributed by atoms with Crippen LogP contribution in [0.5, 0.6) is 0 Å². The molecule has 2 rings (SSSR count). The zero-order chi connectivity index (χ0) is 13.3. The van der Waals surface area contributed by atoms with Gasteiger partial charge in [-0.1, -0.05) is 6.07 Å². The van der Waals surface area contributed by atoms with Crippen LogP contribution in [-0.2, 0) is 7.05 Å². The van der Waals surface area contributed by atoms with E-state index in [1.807, 2.05) is 36.1 Å². The molecule has 0 fully saturated rings. The fourth-order valence-electron chi connectivity index (χ4n) is 1.91. The molecular formula is C14H21N3O. The number of benzene rings is 1. The van der Waals surface area contributed by atoms with E-state index in [0.29, 0.717) is 6.54 Å². The van der Waals surface area contributed by atoms with Crippen molar-refractivity contribution in [2.45, 2.75) is 32.4 Å². The molecule has 2 aromatic rings. The smallest absolute Gasteiger partial charge is 0.0914 e. The lowest BCUT2D eigenvalue weighted by Crippen LogP contribution is -2.38. The van der Waals surface area contributed by atoms with Crippen LogP contribution >= 0.6 is 0 Å². The lowest BCUT2D eigenvalue weighted by atomic mass is 10.0. The minimum Gasteiger partial charge on any atom is -0.387 e. The van der Waals surface area contributed by atoms with Gasteiger partial charge in [-0.3, -0.25) is 4.68 Å². The highest BCUT2D eigenvalue weighted by atomic mass is 16.3. The predicted molar refractivity (Wildman–Crippen MR) is 73.4 cm³/mol. The van der Waals surface area contributed by atoms with Crippen LogP contribution in [0.1, 0.15) is 32.4 Å². The molecule has 0 aliphatic rings. The van der Waals surface area contributed by atoms with Gasteiger partial charge in [0.25, 0.3) is 0 Å². The lowest BCUT2D eigenvalue weighted by molar-refractivity contribution is 0.163. The molecule has 0 amide bonds. The van der Waals surface area contributed by atoms with Gasteiger partial charge in [0.1, 0.15) is 0 Å². The molecule has 0 bridgehead atoms. The van der Waals surface area contributed by atoms with Crippen LogP contribution < -0.4 is 5.32 Å². The number of nitrogens with zero attached hydrogens (tertiary/aromatic N) is 2. The third-order valence-corrected chi connectivity index (χ3v) is 2.98. The second-order valence-electron chi connectivity index (χ2n) is 5.73. The molecule has 0 radical (unpaired) electrons. The molecule has 0 saturated heterocycles. The molecule has 1 heterocycles. The van der Waals surface area contributed by atoms with Crippen LogP contribution in [0.4, 0.5) is 0 Å². The van der Waals surface area contributed by atoms with Crippen LogP contribution in [0.15, 0.2) is 24.4 Å². The van der Waals surface area contributed by atoms with Gasteiger partial charge in [-0.25, -0.2) is 0 Å². The third-order valence-electron chi connectivity index (χ3n) is 2.98. The average molecular weight is 247 g/mol. The number of aromatic nitrogens is 2. The van der Waals surface area contributed by atoms with Crippen LogP contribution in [0.25, 0.3) is 10.9 Å². The van der Waals surface area contributed by atoms with Crippen LogP contribution in [0.3, 0.4) is 0 Å². The topological polar surface area (TPSA) is 50.1 Å². The Hall–Kier alpha value is -1.39. The Kier molecular flexibility index (Phi) is 3.41. The van der Waals surface area contributed by atoms with E-state index in [4.69, 9.17) is 0 Å². The lowest BCUT2D eigenvalue weighted by Gasteiger charge is -2.23. The van der Waals surface area contributed by atoms with Gasteiger partial charge in [0.2, 0.25) is 0 Å². The molecular weight excluding hydrogens is 226 g/mol. The first-order valence-electron chi connectivity index (χ1n) is 6.21. The van der Waals surface area contributed by atoms with Crippen LogP contribution in [-0.4, -0.2) is 27.0 Å². The van der Waals surface area contributed by atoms with E-state index in [9.17, 15) is 5.11 Å². The van der Waals surface area contributed by atoms with Gasteiger partial charge < -0.3 is 10.4 Å². The second kappa shape index (κ2) is 4.71. The summed E-state index contributed by atoms with van der Waals surface area (Å²) in [6.07, 6.45) is 1.33. The molecule has 4 nitrogen and oxygen atoms in total. The number of hydrogen-bond acceptors (Lipinski definition) is 3. The molecule has 1 atom stereocenters. The number of fused-ring (bicyclic) bond motifs is 1. The van der Waals surface area contributed by atoms with Gasteiger partial charge >= 0.3 is 0 Å². The highest BCUT2D eigenvalue weighted by molar-refractivity contribution is 5.79. The van der Waals surface area contributed by atoms with Crippen molar-refractivity contribution in [1.82, 2.24) is 15.1 Å². The summed E-state index contributed by atoms with van der Waals surface area (Å²) in [6.45, 7) is 6.81. The first-order valence-corrected chi connectivity index (χ1v) is 6.21. The molecule has 98 valence electrons. The van der Waals surface area contributed by atoms with Gasteiger partial charge in [-0.15, -0.1) is 0 Å². The Balaban J connectivity index is 2.15. The van der Waals surface area contributed by atoms with Crippen molar-refractivity contribution in [2.75, 3.05) is 6.54 Å². The molecule has 1 aromatic carbocycles. The molecule has 0 aliphatic carbocycles. The molecule has 4 heteroatoms. The maximum atomic E-state index is 10.2. The Morgan fingerprint density at radius 2 is 2.11 bits per heavy atom. The summed E-state index contributed by atoms with van der Waals surface area (Å²) in [7, 11) is 1.92. The van der Waals surface area contributed by atoms with Crippen molar-refractivity contribution in [2.24, 2.45) is 7.05 Å². The van der Waals surface area contributed by atoms with E-state index in [1.165, 1.54) is 0 Å².